The number of aryl methyl sites for hydroxylation is 1. The molecule has 1 fully saturated rings. The summed E-state index contributed by atoms with van der Waals surface area (Å²) in [6.07, 6.45) is 5.05. The monoisotopic (exact) mass is 559 g/mol. The van der Waals surface area contributed by atoms with Gasteiger partial charge in [0, 0.05) is 36.6 Å². The molecule has 10 heteroatoms. The number of rotatable bonds is 9. The van der Waals surface area contributed by atoms with Crippen LogP contribution in [-0.2, 0) is 20.6 Å². The molecule has 3 rings (SSSR count). The summed E-state index contributed by atoms with van der Waals surface area (Å²) in [6.45, 7) is 14.3. The van der Waals surface area contributed by atoms with Crippen LogP contribution in [0.1, 0.15) is 75.4 Å². The van der Waals surface area contributed by atoms with Gasteiger partial charge in [-0.25, -0.2) is 4.79 Å². The Kier molecular flexibility index (Phi) is 16.2. The maximum absolute atomic E-state index is 12.1. The molecular formula is C27H45NO7S2. The number of carbonyl (C=O) groups excluding carboxylic acids is 2. The first kappa shape index (κ1) is 33.5. The molecule has 37 heavy (non-hydrogen) atoms. The van der Waals surface area contributed by atoms with Gasteiger partial charge in [-0.05, 0) is 85.3 Å². The van der Waals surface area contributed by atoms with Crippen molar-refractivity contribution < 1.29 is 34.0 Å². The Balaban J connectivity index is 0.000000478. The summed E-state index contributed by atoms with van der Waals surface area (Å²) in [5.41, 5.74) is -0.427. The van der Waals surface area contributed by atoms with Crippen LogP contribution in [0.4, 0.5) is 4.79 Å². The molecule has 1 saturated heterocycles. The number of likely N-dealkylation sites (tertiary alicyclic amines) is 1. The third kappa shape index (κ3) is 13.7. The van der Waals surface area contributed by atoms with Crippen LogP contribution in [0.3, 0.4) is 0 Å². The lowest BCUT2D eigenvalue weighted by Crippen LogP contribution is -2.41. The lowest BCUT2D eigenvalue weighted by Gasteiger charge is -2.33. The Bertz CT molecular complexity index is 859. The summed E-state index contributed by atoms with van der Waals surface area (Å²) in [4.78, 5) is 27.0. The van der Waals surface area contributed by atoms with Gasteiger partial charge in [-0.3, -0.25) is 4.79 Å². The van der Waals surface area contributed by atoms with Gasteiger partial charge >= 0.3 is 6.09 Å². The predicted octanol–water partition coefficient (Wildman–Crippen LogP) is 5.73. The van der Waals surface area contributed by atoms with Crippen molar-refractivity contribution in [3.8, 4) is 0 Å². The molecule has 0 aliphatic carbocycles. The van der Waals surface area contributed by atoms with Crippen LogP contribution < -0.4 is 0 Å². The average molecular weight is 560 g/mol. The van der Waals surface area contributed by atoms with E-state index in [4.69, 9.17) is 24.4 Å². The highest BCUT2D eigenvalue weighted by Gasteiger charge is 2.26. The van der Waals surface area contributed by atoms with Crippen LogP contribution in [0.25, 0.3) is 9.40 Å². The number of hydrogen-bond acceptors (Lipinski definition) is 9. The SMILES string of the molecule is CC(C)(C)OC(=O)N1CCC(CCc2cc3cc(C=O)sc3s2)CC1.CCOC(C)OCC.OCCO. The second-order valence-electron chi connectivity index (χ2n) is 9.60. The van der Waals surface area contributed by atoms with E-state index in [2.05, 4.69) is 6.07 Å². The van der Waals surface area contributed by atoms with Gasteiger partial charge in [0.05, 0.1) is 22.1 Å². The zero-order valence-corrected chi connectivity index (χ0v) is 24.8. The number of piperidine rings is 1. The molecule has 0 saturated carbocycles. The van der Waals surface area contributed by atoms with E-state index < -0.39 is 5.60 Å². The smallest absolute Gasteiger partial charge is 0.410 e. The van der Waals surface area contributed by atoms with E-state index in [0.29, 0.717) is 5.92 Å². The Morgan fingerprint density at radius 3 is 2.16 bits per heavy atom. The lowest BCUT2D eigenvalue weighted by atomic mass is 9.92. The summed E-state index contributed by atoms with van der Waals surface area (Å²) in [6, 6.07) is 4.20. The minimum Gasteiger partial charge on any atom is -0.444 e. The number of aliphatic hydroxyl groups is 2. The number of amides is 1. The van der Waals surface area contributed by atoms with Crippen molar-refractivity contribution in [2.45, 2.75) is 79.1 Å². The van der Waals surface area contributed by atoms with E-state index in [0.717, 1.165) is 63.1 Å². The molecule has 8 nitrogen and oxygen atoms in total. The highest BCUT2D eigenvalue weighted by Crippen LogP contribution is 2.34. The van der Waals surface area contributed by atoms with Crippen LogP contribution in [0.2, 0.25) is 0 Å². The van der Waals surface area contributed by atoms with Crippen molar-refractivity contribution in [1.29, 1.82) is 0 Å². The number of aliphatic hydroxyl groups excluding tert-OH is 2. The van der Waals surface area contributed by atoms with Gasteiger partial charge in [-0.15, -0.1) is 22.7 Å². The number of nitrogens with zero attached hydrogens (tertiary/aromatic N) is 1. The van der Waals surface area contributed by atoms with Gasteiger partial charge in [-0.1, -0.05) is 0 Å². The second kappa shape index (κ2) is 17.9. The van der Waals surface area contributed by atoms with E-state index in [1.807, 2.05) is 63.8 Å². The molecule has 3 heterocycles. The van der Waals surface area contributed by atoms with Gasteiger partial charge in [0.15, 0.2) is 12.6 Å². The predicted molar refractivity (Wildman–Crippen MR) is 151 cm³/mol. The van der Waals surface area contributed by atoms with Crippen molar-refractivity contribution >= 4 is 44.5 Å². The van der Waals surface area contributed by atoms with Crippen molar-refractivity contribution in [1.82, 2.24) is 4.90 Å². The molecule has 0 bridgehead atoms. The molecule has 0 spiro atoms. The molecule has 1 aliphatic rings. The van der Waals surface area contributed by atoms with E-state index in [9.17, 15) is 9.59 Å². The van der Waals surface area contributed by atoms with E-state index in [1.165, 1.54) is 14.3 Å². The summed E-state index contributed by atoms with van der Waals surface area (Å²) < 4.78 is 16.8. The highest BCUT2D eigenvalue weighted by atomic mass is 32.2. The molecule has 0 radical (unpaired) electrons. The van der Waals surface area contributed by atoms with Gasteiger partial charge in [-0.2, -0.15) is 0 Å². The molecule has 212 valence electrons. The van der Waals surface area contributed by atoms with Crippen molar-refractivity contribution in [2.24, 2.45) is 5.92 Å². The van der Waals surface area contributed by atoms with Crippen LogP contribution in [0.5, 0.6) is 0 Å². The van der Waals surface area contributed by atoms with Crippen LogP contribution >= 0.6 is 22.7 Å². The third-order valence-corrected chi connectivity index (χ3v) is 7.74. The molecule has 1 amide bonds. The molecule has 0 atom stereocenters. The van der Waals surface area contributed by atoms with Gasteiger partial charge in [0.1, 0.15) is 5.60 Å². The Morgan fingerprint density at radius 1 is 1.11 bits per heavy atom. The summed E-state index contributed by atoms with van der Waals surface area (Å²) in [7, 11) is 0. The van der Waals surface area contributed by atoms with Gasteiger partial charge in [0.25, 0.3) is 0 Å². The van der Waals surface area contributed by atoms with Crippen molar-refractivity contribution in [3.63, 3.8) is 0 Å². The summed E-state index contributed by atoms with van der Waals surface area (Å²) in [5, 5.41) is 16.5. The first-order valence-electron chi connectivity index (χ1n) is 13.0. The van der Waals surface area contributed by atoms with Gasteiger partial charge in [0.2, 0.25) is 0 Å². The highest BCUT2D eigenvalue weighted by molar-refractivity contribution is 7.38. The molecular weight excluding hydrogens is 514 g/mol. The number of hydrogen-bond donors (Lipinski definition) is 2. The standard InChI is InChI=1S/C19H25NO3S2.C6H14O2.C2H6O2/c1-19(2,3)23-18(22)20-8-6-13(7-9-20)4-5-15-10-14-11-16(12-21)25-17(14)24-15;1-4-7-6(3)8-5-2;3-1-2-4/h10-13H,4-9H2,1-3H3;6H,4-5H2,1-3H3;3-4H,1-2H2. The molecule has 2 N–H and O–H groups in total. The zero-order valence-electron chi connectivity index (χ0n) is 23.2. The van der Waals surface area contributed by atoms with Gasteiger partial charge < -0.3 is 29.3 Å². The normalized spacial score (nSPS) is 14.1. The quantitative estimate of drug-likeness (QED) is 0.298. The first-order valence-corrected chi connectivity index (χ1v) is 14.6. The molecule has 2 aromatic rings. The lowest BCUT2D eigenvalue weighted by molar-refractivity contribution is -0.123. The number of fused-ring (bicyclic) bond motifs is 1. The molecule has 2 aromatic heterocycles. The Hall–Kier alpha value is -1.56. The molecule has 0 unspecified atom stereocenters. The maximum Gasteiger partial charge on any atom is 0.410 e. The first-order chi connectivity index (χ1) is 17.6. The number of carbonyl (C=O) groups is 2. The number of aldehydes is 1. The maximum atomic E-state index is 12.1. The van der Waals surface area contributed by atoms with E-state index in [-0.39, 0.29) is 25.6 Å². The fourth-order valence-corrected chi connectivity index (χ4v) is 6.03. The van der Waals surface area contributed by atoms with Crippen LogP contribution in [-0.4, -0.2) is 78.9 Å². The third-order valence-electron chi connectivity index (χ3n) is 5.37. The molecule has 1 aliphatic heterocycles. The zero-order chi connectivity index (χ0) is 27.8. The summed E-state index contributed by atoms with van der Waals surface area (Å²) in [5.74, 6) is 0.671. The Morgan fingerprint density at radius 2 is 1.70 bits per heavy atom. The number of ether oxygens (including phenoxy) is 3. The fraction of sp³-hybridized carbons (Fsp3) is 0.704. The largest absolute Gasteiger partial charge is 0.444 e. The fourth-order valence-electron chi connectivity index (χ4n) is 3.69. The van der Waals surface area contributed by atoms with Crippen molar-refractivity contribution in [2.75, 3.05) is 39.5 Å². The number of thiophene rings is 2. The minimum absolute atomic E-state index is 0.0370. The van der Waals surface area contributed by atoms with Crippen LogP contribution in [0.15, 0.2) is 12.1 Å². The molecule has 0 aromatic carbocycles. The minimum atomic E-state index is -0.427. The second-order valence-corrected chi connectivity index (χ2v) is 12.1. The Labute approximate surface area is 229 Å². The average Bonchev–Trinajstić information content (AvgIpc) is 3.41. The topological polar surface area (TPSA) is 106 Å². The van der Waals surface area contributed by atoms with E-state index >= 15 is 0 Å². The summed E-state index contributed by atoms with van der Waals surface area (Å²) >= 11 is 3.39. The van der Waals surface area contributed by atoms with Crippen LogP contribution in [0, 0.1) is 5.92 Å². The van der Waals surface area contributed by atoms with E-state index in [1.54, 1.807) is 11.3 Å². The van der Waals surface area contributed by atoms with Crippen molar-refractivity contribution in [3.05, 3.63) is 21.9 Å².